The molecule has 0 saturated carbocycles. The third kappa shape index (κ3) is 3.14. The minimum atomic E-state index is -1.01. The van der Waals surface area contributed by atoms with Crippen LogP contribution in [0.25, 0.3) is 0 Å². The Morgan fingerprint density at radius 1 is 1.62 bits per heavy atom. The summed E-state index contributed by atoms with van der Waals surface area (Å²) < 4.78 is 5.08. The molecule has 1 rings (SSSR count). The lowest BCUT2D eigenvalue weighted by molar-refractivity contribution is 0.0661. The summed E-state index contributed by atoms with van der Waals surface area (Å²) in [4.78, 5) is 10.5. The van der Waals surface area contributed by atoms with Gasteiger partial charge < -0.3 is 9.52 Å². The molecular formula is C9H12O3S. The quantitative estimate of drug-likeness (QED) is 0.811. The largest absolute Gasteiger partial charge is 0.475 e. The topological polar surface area (TPSA) is 50.4 Å². The number of thioether (sulfide) groups is 1. The van der Waals surface area contributed by atoms with Crippen molar-refractivity contribution in [1.82, 2.24) is 0 Å². The summed E-state index contributed by atoms with van der Waals surface area (Å²) in [5, 5.41) is 9.10. The third-order valence-corrected chi connectivity index (χ3v) is 2.55. The Morgan fingerprint density at radius 3 is 2.77 bits per heavy atom. The number of rotatable bonds is 4. The first-order valence-electron chi connectivity index (χ1n) is 4.03. The highest BCUT2D eigenvalue weighted by atomic mass is 32.2. The second-order valence-electron chi connectivity index (χ2n) is 2.93. The van der Waals surface area contributed by atoms with E-state index in [4.69, 9.17) is 9.52 Å². The highest BCUT2D eigenvalue weighted by molar-refractivity contribution is 7.99. The lowest BCUT2D eigenvalue weighted by atomic mass is 10.4. The van der Waals surface area contributed by atoms with Gasteiger partial charge in [0.25, 0.3) is 0 Å². The van der Waals surface area contributed by atoms with Gasteiger partial charge in [0.05, 0.1) is 5.75 Å². The number of hydrogen-bond acceptors (Lipinski definition) is 3. The summed E-state index contributed by atoms with van der Waals surface area (Å²) in [5.41, 5.74) is 0. The van der Waals surface area contributed by atoms with Crippen molar-refractivity contribution in [3.8, 4) is 0 Å². The summed E-state index contributed by atoms with van der Waals surface area (Å²) in [6, 6.07) is 3.19. The molecule has 1 aromatic rings. The fourth-order valence-electron chi connectivity index (χ4n) is 0.819. The molecule has 3 nitrogen and oxygen atoms in total. The van der Waals surface area contributed by atoms with Crippen molar-refractivity contribution in [3.63, 3.8) is 0 Å². The van der Waals surface area contributed by atoms with Crippen molar-refractivity contribution in [1.29, 1.82) is 0 Å². The van der Waals surface area contributed by atoms with Gasteiger partial charge in [0.1, 0.15) is 5.76 Å². The van der Waals surface area contributed by atoms with Gasteiger partial charge in [0.2, 0.25) is 5.76 Å². The fraction of sp³-hybridized carbons (Fsp3) is 0.444. The van der Waals surface area contributed by atoms with Crippen molar-refractivity contribution in [2.24, 2.45) is 0 Å². The molecule has 1 N–H and O–H groups in total. The van der Waals surface area contributed by atoms with E-state index in [1.807, 2.05) is 0 Å². The van der Waals surface area contributed by atoms with Gasteiger partial charge in [-0.1, -0.05) is 13.8 Å². The average molecular weight is 200 g/mol. The van der Waals surface area contributed by atoms with Gasteiger partial charge in [-0.15, -0.1) is 0 Å². The van der Waals surface area contributed by atoms with E-state index >= 15 is 0 Å². The first-order valence-corrected chi connectivity index (χ1v) is 5.08. The molecule has 0 atom stereocenters. The van der Waals surface area contributed by atoms with Crippen molar-refractivity contribution in [2.45, 2.75) is 24.9 Å². The predicted molar refractivity (Wildman–Crippen MR) is 52.1 cm³/mol. The van der Waals surface area contributed by atoms with Gasteiger partial charge >= 0.3 is 5.97 Å². The molecule has 4 heteroatoms. The molecule has 0 aliphatic carbocycles. The molecule has 0 unspecified atom stereocenters. The van der Waals surface area contributed by atoms with Gasteiger partial charge in [0, 0.05) is 0 Å². The van der Waals surface area contributed by atoms with Crippen LogP contribution in [-0.2, 0) is 5.75 Å². The van der Waals surface area contributed by atoms with E-state index in [0.717, 1.165) is 11.5 Å². The van der Waals surface area contributed by atoms with E-state index in [1.54, 1.807) is 17.8 Å². The Morgan fingerprint density at radius 2 is 2.31 bits per heavy atom. The number of furan rings is 1. The first kappa shape index (κ1) is 10.2. The van der Waals surface area contributed by atoms with Crippen LogP contribution in [0, 0.1) is 0 Å². The molecule has 13 heavy (non-hydrogen) atoms. The first-order chi connectivity index (χ1) is 6.09. The average Bonchev–Trinajstić information content (AvgIpc) is 2.48. The van der Waals surface area contributed by atoms with Crippen LogP contribution < -0.4 is 0 Å². The highest BCUT2D eigenvalue weighted by Gasteiger charge is 2.08. The molecule has 0 aromatic carbocycles. The molecule has 0 fully saturated rings. The summed E-state index contributed by atoms with van der Waals surface area (Å²) in [6.45, 7) is 4.18. The van der Waals surface area contributed by atoms with Gasteiger partial charge in [-0.25, -0.2) is 4.79 Å². The minimum absolute atomic E-state index is 0.0133. The van der Waals surface area contributed by atoms with Gasteiger partial charge in [-0.2, -0.15) is 11.8 Å². The molecule has 72 valence electrons. The van der Waals surface area contributed by atoms with Crippen molar-refractivity contribution < 1.29 is 14.3 Å². The molecule has 1 aromatic heterocycles. The molecule has 0 aliphatic heterocycles. The Kier molecular flexibility index (Phi) is 3.42. The van der Waals surface area contributed by atoms with E-state index in [2.05, 4.69) is 13.8 Å². The van der Waals surface area contributed by atoms with Crippen LogP contribution in [-0.4, -0.2) is 16.3 Å². The van der Waals surface area contributed by atoms with Crippen LogP contribution in [0.15, 0.2) is 16.5 Å². The molecule has 0 saturated heterocycles. The third-order valence-electron chi connectivity index (χ3n) is 1.43. The van der Waals surface area contributed by atoms with Crippen LogP contribution >= 0.6 is 11.8 Å². The number of aromatic carboxylic acids is 1. The highest BCUT2D eigenvalue weighted by Crippen LogP contribution is 2.18. The summed E-state index contributed by atoms with van der Waals surface area (Å²) in [7, 11) is 0. The Hall–Kier alpha value is -0.900. The SMILES string of the molecule is CC(C)SCc1ccc(C(=O)O)o1. The lowest BCUT2D eigenvalue weighted by Gasteiger charge is -2.00. The zero-order valence-corrected chi connectivity index (χ0v) is 8.43. The van der Waals surface area contributed by atoms with E-state index in [-0.39, 0.29) is 5.76 Å². The van der Waals surface area contributed by atoms with Crippen LogP contribution in [0.2, 0.25) is 0 Å². The molecule has 1 heterocycles. The molecule has 0 spiro atoms. The number of hydrogen-bond donors (Lipinski definition) is 1. The number of carboxylic acid groups (broad SMARTS) is 1. The van der Waals surface area contributed by atoms with E-state index in [9.17, 15) is 4.79 Å². The normalized spacial score (nSPS) is 10.7. The molecule has 0 aliphatic rings. The predicted octanol–water partition coefficient (Wildman–Crippen LogP) is 2.62. The van der Waals surface area contributed by atoms with Crippen LogP contribution in [0.1, 0.15) is 30.2 Å². The van der Waals surface area contributed by atoms with E-state index < -0.39 is 5.97 Å². The maximum atomic E-state index is 10.5. The molecule has 0 bridgehead atoms. The fourth-order valence-corrected chi connectivity index (χ4v) is 1.47. The standard InChI is InChI=1S/C9H12O3S/c1-6(2)13-5-7-3-4-8(12-7)9(10)11/h3-4,6H,5H2,1-2H3,(H,10,11). The molecular weight excluding hydrogens is 188 g/mol. The zero-order chi connectivity index (χ0) is 9.84. The second kappa shape index (κ2) is 4.37. The lowest BCUT2D eigenvalue weighted by Crippen LogP contribution is -1.92. The Bertz CT molecular complexity index is 291. The minimum Gasteiger partial charge on any atom is -0.475 e. The van der Waals surface area contributed by atoms with E-state index in [1.165, 1.54) is 6.07 Å². The van der Waals surface area contributed by atoms with Crippen molar-refractivity contribution >= 4 is 17.7 Å². The zero-order valence-electron chi connectivity index (χ0n) is 7.61. The van der Waals surface area contributed by atoms with Gasteiger partial charge in [-0.3, -0.25) is 0 Å². The maximum Gasteiger partial charge on any atom is 0.371 e. The summed E-state index contributed by atoms with van der Waals surface area (Å²) >= 11 is 1.72. The second-order valence-corrected chi connectivity index (χ2v) is 4.50. The number of carboxylic acids is 1. The monoisotopic (exact) mass is 200 g/mol. The number of carbonyl (C=O) groups is 1. The summed E-state index contributed by atoms with van der Waals surface area (Å²) in [6.07, 6.45) is 0. The van der Waals surface area contributed by atoms with Crippen LogP contribution in [0.4, 0.5) is 0 Å². The summed E-state index contributed by atoms with van der Waals surface area (Å²) in [5.74, 6) is 0.446. The van der Waals surface area contributed by atoms with Gasteiger partial charge in [0.15, 0.2) is 0 Å². The van der Waals surface area contributed by atoms with Crippen molar-refractivity contribution in [3.05, 3.63) is 23.7 Å². The molecule has 0 amide bonds. The Labute approximate surface area is 81.1 Å². The molecule has 0 radical (unpaired) electrons. The smallest absolute Gasteiger partial charge is 0.371 e. The maximum absolute atomic E-state index is 10.5. The van der Waals surface area contributed by atoms with Crippen LogP contribution in [0.5, 0.6) is 0 Å². The van der Waals surface area contributed by atoms with Crippen LogP contribution in [0.3, 0.4) is 0 Å². The van der Waals surface area contributed by atoms with E-state index in [0.29, 0.717) is 5.25 Å². The van der Waals surface area contributed by atoms with Crippen molar-refractivity contribution in [2.75, 3.05) is 0 Å². The Balaban J connectivity index is 2.54. The van der Waals surface area contributed by atoms with Gasteiger partial charge in [-0.05, 0) is 17.4 Å².